The van der Waals surface area contributed by atoms with Crippen molar-refractivity contribution in [2.24, 2.45) is 0 Å². The Bertz CT molecular complexity index is 197. The fourth-order valence-electron chi connectivity index (χ4n) is 1.25. The standard InChI is InChI=1S/C8H13N3O/c9-3-1-5-11-6-2-8(12)10-4-7-11/h1-2,4-7H2,(H,10,12). The van der Waals surface area contributed by atoms with Crippen LogP contribution in [0.2, 0.25) is 0 Å². The minimum absolute atomic E-state index is 0.120. The van der Waals surface area contributed by atoms with E-state index in [0.717, 1.165) is 19.6 Å². The van der Waals surface area contributed by atoms with Crippen LogP contribution in [-0.2, 0) is 4.79 Å². The molecular formula is C8H13N3O. The van der Waals surface area contributed by atoms with Gasteiger partial charge in [-0.2, -0.15) is 5.26 Å². The molecule has 0 unspecified atom stereocenters. The fourth-order valence-corrected chi connectivity index (χ4v) is 1.25. The number of carbonyl (C=O) groups is 1. The Hall–Kier alpha value is -1.08. The van der Waals surface area contributed by atoms with Gasteiger partial charge in [0.15, 0.2) is 0 Å². The van der Waals surface area contributed by atoms with Crippen molar-refractivity contribution in [1.82, 2.24) is 10.2 Å². The summed E-state index contributed by atoms with van der Waals surface area (Å²) in [5.74, 6) is 0.120. The molecule has 1 rings (SSSR count). The van der Waals surface area contributed by atoms with Gasteiger partial charge in [0.05, 0.1) is 6.07 Å². The molecule has 0 saturated carbocycles. The van der Waals surface area contributed by atoms with Gasteiger partial charge < -0.3 is 10.2 Å². The number of hydrogen-bond donors (Lipinski definition) is 1. The summed E-state index contributed by atoms with van der Waals surface area (Å²) < 4.78 is 0. The first kappa shape index (κ1) is 9.01. The lowest BCUT2D eigenvalue weighted by Gasteiger charge is -2.16. The Kier molecular flexibility index (Phi) is 3.55. The largest absolute Gasteiger partial charge is 0.355 e. The van der Waals surface area contributed by atoms with Crippen LogP contribution in [0.15, 0.2) is 0 Å². The van der Waals surface area contributed by atoms with Crippen molar-refractivity contribution >= 4 is 5.91 Å². The second kappa shape index (κ2) is 4.73. The molecular weight excluding hydrogens is 154 g/mol. The Morgan fingerprint density at radius 3 is 3.17 bits per heavy atom. The van der Waals surface area contributed by atoms with E-state index >= 15 is 0 Å². The summed E-state index contributed by atoms with van der Waals surface area (Å²) in [6.45, 7) is 3.15. The number of rotatable bonds is 2. The minimum Gasteiger partial charge on any atom is -0.355 e. The van der Waals surface area contributed by atoms with Crippen molar-refractivity contribution < 1.29 is 4.79 Å². The van der Waals surface area contributed by atoms with Crippen LogP contribution < -0.4 is 5.32 Å². The van der Waals surface area contributed by atoms with Gasteiger partial charge >= 0.3 is 0 Å². The van der Waals surface area contributed by atoms with Gasteiger partial charge in [0.2, 0.25) is 5.91 Å². The molecule has 66 valence electrons. The number of nitrogens with one attached hydrogen (secondary N) is 1. The number of carbonyl (C=O) groups excluding carboxylic acids is 1. The zero-order valence-corrected chi connectivity index (χ0v) is 7.05. The van der Waals surface area contributed by atoms with Crippen molar-refractivity contribution in [1.29, 1.82) is 5.26 Å². The molecule has 1 amide bonds. The summed E-state index contributed by atoms with van der Waals surface area (Å²) in [5.41, 5.74) is 0. The summed E-state index contributed by atoms with van der Waals surface area (Å²) in [6, 6.07) is 2.10. The van der Waals surface area contributed by atoms with E-state index < -0.39 is 0 Å². The van der Waals surface area contributed by atoms with Crippen LogP contribution in [0, 0.1) is 11.3 Å². The lowest BCUT2D eigenvalue weighted by atomic mass is 10.3. The predicted molar refractivity (Wildman–Crippen MR) is 44.3 cm³/mol. The zero-order valence-electron chi connectivity index (χ0n) is 7.05. The second-order valence-electron chi connectivity index (χ2n) is 2.85. The Balaban J connectivity index is 2.27. The van der Waals surface area contributed by atoms with E-state index in [-0.39, 0.29) is 5.91 Å². The maximum atomic E-state index is 10.9. The van der Waals surface area contributed by atoms with E-state index in [9.17, 15) is 4.79 Å². The second-order valence-corrected chi connectivity index (χ2v) is 2.85. The average Bonchev–Trinajstić information content (AvgIpc) is 2.27. The van der Waals surface area contributed by atoms with E-state index in [1.54, 1.807) is 0 Å². The topological polar surface area (TPSA) is 56.1 Å². The molecule has 0 radical (unpaired) electrons. The molecule has 0 aromatic heterocycles. The normalized spacial score (nSPS) is 19.4. The number of hydrogen-bond acceptors (Lipinski definition) is 3. The molecule has 1 heterocycles. The molecule has 1 saturated heterocycles. The fraction of sp³-hybridized carbons (Fsp3) is 0.750. The van der Waals surface area contributed by atoms with E-state index in [1.165, 1.54) is 0 Å². The summed E-state index contributed by atoms with van der Waals surface area (Å²) >= 11 is 0. The molecule has 4 nitrogen and oxygen atoms in total. The van der Waals surface area contributed by atoms with Gasteiger partial charge in [-0.05, 0) is 0 Å². The molecule has 1 aliphatic rings. The van der Waals surface area contributed by atoms with Gasteiger partial charge in [0.25, 0.3) is 0 Å². The highest BCUT2D eigenvalue weighted by Crippen LogP contribution is 1.96. The summed E-state index contributed by atoms with van der Waals surface area (Å²) in [5, 5.41) is 11.1. The van der Waals surface area contributed by atoms with E-state index in [1.807, 2.05) is 0 Å². The summed E-state index contributed by atoms with van der Waals surface area (Å²) in [7, 11) is 0. The molecule has 0 aliphatic carbocycles. The third-order valence-corrected chi connectivity index (χ3v) is 1.95. The van der Waals surface area contributed by atoms with E-state index in [4.69, 9.17) is 5.26 Å². The van der Waals surface area contributed by atoms with Crippen LogP contribution in [0.4, 0.5) is 0 Å². The van der Waals surface area contributed by atoms with Crippen LogP contribution in [0.1, 0.15) is 12.8 Å². The van der Waals surface area contributed by atoms with Gasteiger partial charge in [-0.15, -0.1) is 0 Å². The van der Waals surface area contributed by atoms with Crippen molar-refractivity contribution in [3.63, 3.8) is 0 Å². The predicted octanol–water partition coefficient (Wildman–Crippen LogP) is -0.278. The van der Waals surface area contributed by atoms with Gasteiger partial charge in [-0.1, -0.05) is 0 Å². The smallest absolute Gasteiger partial charge is 0.221 e. The maximum absolute atomic E-state index is 10.9. The number of nitriles is 1. The van der Waals surface area contributed by atoms with Crippen LogP contribution in [-0.4, -0.2) is 37.0 Å². The molecule has 12 heavy (non-hydrogen) atoms. The molecule has 0 atom stereocenters. The Labute approximate surface area is 72.2 Å². The molecule has 4 heteroatoms. The minimum atomic E-state index is 0.120. The van der Waals surface area contributed by atoms with Gasteiger partial charge in [0, 0.05) is 39.0 Å². The van der Waals surface area contributed by atoms with E-state index in [0.29, 0.717) is 19.4 Å². The Morgan fingerprint density at radius 2 is 2.42 bits per heavy atom. The molecule has 1 aliphatic heterocycles. The molecule has 0 aromatic rings. The highest BCUT2D eigenvalue weighted by atomic mass is 16.1. The van der Waals surface area contributed by atoms with Gasteiger partial charge in [-0.25, -0.2) is 0 Å². The first-order valence-electron chi connectivity index (χ1n) is 4.19. The third kappa shape index (κ3) is 2.89. The molecule has 0 aromatic carbocycles. The van der Waals surface area contributed by atoms with E-state index in [2.05, 4.69) is 16.3 Å². The molecule has 1 fully saturated rings. The lowest BCUT2D eigenvalue weighted by Crippen LogP contribution is -2.29. The SMILES string of the molecule is N#CCCN1CCNC(=O)CC1. The van der Waals surface area contributed by atoms with Crippen LogP contribution >= 0.6 is 0 Å². The maximum Gasteiger partial charge on any atom is 0.221 e. The molecule has 1 N–H and O–H groups in total. The number of amides is 1. The van der Waals surface area contributed by atoms with Crippen molar-refractivity contribution in [3.8, 4) is 6.07 Å². The molecule has 0 bridgehead atoms. The van der Waals surface area contributed by atoms with Crippen LogP contribution in [0.5, 0.6) is 0 Å². The highest BCUT2D eigenvalue weighted by Gasteiger charge is 2.11. The quantitative estimate of drug-likeness (QED) is 0.615. The van der Waals surface area contributed by atoms with Crippen molar-refractivity contribution in [3.05, 3.63) is 0 Å². The average molecular weight is 167 g/mol. The van der Waals surface area contributed by atoms with Crippen molar-refractivity contribution in [2.45, 2.75) is 12.8 Å². The summed E-state index contributed by atoms with van der Waals surface area (Å²) in [4.78, 5) is 13.0. The zero-order chi connectivity index (χ0) is 8.81. The first-order valence-corrected chi connectivity index (χ1v) is 4.19. The van der Waals surface area contributed by atoms with Gasteiger partial charge in [0.1, 0.15) is 0 Å². The molecule has 0 spiro atoms. The Morgan fingerprint density at radius 1 is 1.58 bits per heavy atom. The highest BCUT2D eigenvalue weighted by molar-refractivity contribution is 5.76. The monoisotopic (exact) mass is 167 g/mol. The van der Waals surface area contributed by atoms with Crippen molar-refractivity contribution in [2.75, 3.05) is 26.2 Å². The third-order valence-electron chi connectivity index (χ3n) is 1.95. The lowest BCUT2D eigenvalue weighted by molar-refractivity contribution is -0.120. The number of nitrogens with zero attached hydrogens (tertiary/aromatic N) is 2. The van der Waals surface area contributed by atoms with Crippen LogP contribution in [0.25, 0.3) is 0 Å². The first-order chi connectivity index (χ1) is 5.83. The van der Waals surface area contributed by atoms with Gasteiger partial charge in [-0.3, -0.25) is 4.79 Å². The van der Waals surface area contributed by atoms with Crippen LogP contribution in [0.3, 0.4) is 0 Å². The summed E-state index contributed by atoms with van der Waals surface area (Å²) in [6.07, 6.45) is 1.11.